The molecule has 2 N–H and O–H groups in total. The first-order chi connectivity index (χ1) is 12.1. The predicted molar refractivity (Wildman–Crippen MR) is 101 cm³/mol. The van der Waals surface area contributed by atoms with E-state index in [1.165, 1.54) is 11.8 Å². The Morgan fingerprint density at radius 3 is 2.64 bits per heavy atom. The summed E-state index contributed by atoms with van der Waals surface area (Å²) in [6.45, 7) is 1.94. The molecule has 0 fully saturated rings. The molecule has 1 atom stereocenters. The Morgan fingerprint density at radius 1 is 1.20 bits per heavy atom. The number of aliphatic imine (C=N–C) groups is 1. The summed E-state index contributed by atoms with van der Waals surface area (Å²) in [6, 6.07) is 16.4. The maximum atomic E-state index is 14.5. The van der Waals surface area contributed by atoms with Crippen molar-refractivity contribution in [2.75, 3.05) is 6.26 Å². The first-order valence-corrected chi connectivity index (χ1v) is 9.00. The maximum absolute atomic E-state index is 14.5. The number of thioether (sulfide) groups is 1. The summed E-state index contributed by atoms with van der Waals surface area (Å²) in [4.78, 5) is 4.10. The number of hydrogen-bond acceptors (Lipinski definition) is 4. The molecule has 2 aromatic carbocycles. The van der Waals surface area contributed by atoms with E-state index >= 15 is 0 Å². The van der Waals surface area contributed by atoms with Gasteiger partial charge in [-0.25, -0.2) is 4.39 Å². The second-order valence-electron chi connectivity index (χ2n) is 5.57. The highest BCUT2D eigenvalue weighted by Crippen LogP contribution is 2.30. The smallest absolute Gasteiger partial charge is 0.253 e. The highest BCUT2D eigenvalue weighted by Gasteiger charge is 2.16. The molecule has 0 aliphatic rings. The lowest BCUT2D eigenvalue weighted by Crippen LogP contribution is -2.03. The fraction of sp³-hybridized carbons (Fsp3) is 0.158. The van der Waals surface area contributed by atoms with Crippen LogP contribution in [0, 0.1) is 5.82 Å². The summed E-state index contributed by atoms with van der Waals surface area (Å²) >= 11 is 1.33. The largest absolute Gasteiger partial charge is 0.378 e. The minimum atomic E-state index is -0.260. The van der Waals surface area contributed by atoms with E-state index in [9.17, 15) is 4.39 Å². The average Bonchev–Trinajstić information content (AvgIpc) is 3.10. The first-order valence-electron chi connectivity index (χ1n) is 7.78. The lowest BCUT2D eigenvalue weighted by molar-refractivity contribution is 0.419. The van der Waals surface area contributed by atoms with Gasteiger partial charge in [0, 0.05) is 17.5 Å². The molecule has 0 spiro atoms. The summed E-state index contributed by atoms with van der Waals surface area (Å²) in [6.07, 6.45) is 1.83. The lowest BCUT2D eigenvalue weighted by atomic mass is 9.95. The fourth-order valence-electron chi connectivity index (χ4n) is 2.51. The van der Waals surface area contributed by atoms with Crippen molar-refractivity contribution in [3.63, 3.8) is 0 Å². The first kappa shape index (κ1) is 17.2. The Balaban J connectivity index is 1.86. The van der Waals surface area contributed by atoms with Gasteiger partial charge in [-0.2, -0.15) is 4.99 Å². The summed E-state index contributed by atoms with van der Waals surface area (Å²) in [5.41, 5.74) is 8.60. The van der Waals surface area contributed by atoms with E-state index in [2.05, 4.69) is 10.1 Å². The van der Waals surface area contributed by atoms with Crippen LogP contribution in [0.5, 0.6) is 0 Å². The molecule has 0 saturated carbocycles. The van der Waals surface area contributed by atoms with Gasteiger partial charge < -0.3 is 10.3 Å². The number of nitrogens with zero attached hydrogens (tertiary/aromatic N) is 2. The summed E-state index contributed by atoms with van der Waals surface area (Å²) in [5, 5.41) is 4.42. The van der Waals surface area contributed by atoms with Crippen LogP contribution in [-0.4, -0.2) is 16.6 Å². The van der Waals surface area contributed by atoms with Gasteiger partial charge in [-0.15, -0.1) is 0 Å². The quantitative estimate of drug-likeness (QED) is 0.532. The van der Waals surface area contributed by atoms with Crippen molar-refractivity contribution in [3.8, 4) is 11.1 Å². The maximum Gasteiger partial charge on any atom is 0.253 e. The van der Waals surface area contributed by atoms with Crippen LogP contribution in [0.1, 0.15) is 24.1 Å². The van der Waals surface area contributed by atoms with Crippen molar-refractivity contribution in [1.29, 1.82) is 0 Å². The minimum absolute atomic E-state index is 0.123. The highest BCUT2D eigenvalue weighted by molar-refractivity contribution is 8.13. The minimum Gasteiger partial charge on any atom is -0.378 e. The zero-order chi connectivity index (χ0) is 17.8. The molecule has 3 rings (SSSR count). The third kappa shape index (κ3) is 3.91. The van der Waals surface area contributed by atoms with Gasteiger partial charge in [0.05, 0.1) is 5.69 Å². The van der Waals surface area contributed by atoms with Gasteiger partial charge in [0.1, 0.15) is 5.82 Å². The molecule has 0 bridgehead atoms. The number of rotatable bonds is 4. The van der Waals surface area contributed by atoms with Crippen LogP contribution in [0.15, 0.2) is 64.1 Å². The zero-order valence-corrected chi connectivity index (χ0v) is 14.8. The number of hydrogen-bond donors (Lipinski definition) is 1. The van der Waals surface area contributed by atoms with E-state index in [4.69, 9.17) is 10.3 Å². The van der Waals surface area contributed by atoms with E-state index < -0.39 is 0 Å². The van der Waals surface area contributed by atoms with Gasteiger partial charge in [0.2, 0.25) is 0 Å². The topological polar surface area (TPSA) is 64.4 Å². The van der Waals surface area contributed by atoms with Gasteiger partial charge in [-0.1, -0.05) is 66.3 Å². The molecule has 0 saturated heterocycles. The van der Waals surface area contributed by atoms with E-state index in [1.54, 1.807) is 18.2 Å². The Kier molecular flexibility index (Phi) is 5.19. The summed E-state index contributed by atoms with van der Waals surface area (Å²) < 4.78 is 19.7. The molecule has 0 radical (unpaired) electrons. The van der Waals surface area contributed by atoms with Crippen molar-refractivity contribution in [2.24, 2.45) is 10.7 Å². The van der Waals surface area contributed by atoms with Crippen LogP contribution in [-0.2, 0) is 0 Å². The number of nitrogens with two attached hydrogens (primary N) is 1. The second-order valence-corrected chi connectivity index (χ2v) is 6.40. The Hall–Kier alpha value is -2.60. The third-order valence-electron chi connectivity index (χ3n) is 3.97. The predicted octanol–water partition coefficient (Wildman–Crippen LogP) is 4.94. The molecule has 3 aromatic rings. The highest BCUT2D eigenvalue weighted by atomic mass is 32.2. The van der Waals surface area contributed by atoms with Crippen molar-refractivity contribution in [2.45, 2.75) is 12.8 Å². The van der Waals surface area contributed by atoms with Crippen LogP contribution < -0.4 is 5.73 Å². The SMILES string of the molecule is CSC(N)=Nc1cc(C(C)c2ccc(-c3ccccc3)c(F)c2)no1. The van der Waals surface area contributed by atoms with Crippen LogP contribution in [0.2, 0.25) is 0 Å². The van der Waals surface area contributed by atoms with E-state index in [-0.39, 0.29) is 11.7 Å². The van der Waals surface area contributed by atoms with Crippen LogP contribution in [0.3, 0.4) is 0 Å². The molecule has 6 heteroatoms. The van der Waals surface area contributed by atoms with Gasteiger partial charge in [0.25, 0.3) is 5.88 Å². The van der Waals surface area contributed by atoms with Crippen molar-refractivity contribution in [3.05, 3.63) is 71.7 Å². The molecule has 25 heavy (non-hydrogen) atoms. The van der Waals surface area contributed by atoms with Gasteiger partial charge in [-0.05, 0) is 23.4 Å². The molecule has 0 aliphatic heterocycles. The van der Waals surface area contributed by atoms with Crippen LogP contribution in [0.4, 0.5) is 10.3 Å². The Labute approximate surface area is 149 Å². The normalized spacial score (nSPS) is 13.0. The van der Waals surface area contributed by atoms with Crippen molar-refractivity contribution >= 4 is 22.8 Å². The summed E-state index contributed by atoms with van der Waals surface area (Å²) in [7, 11) is 0. The van der Waals surface area contributed by atoms with E-state index in [0.717, 1.165) is 11.1 Å². The number of aromatic nitrogens is 1. The fourth-order valence-corrected chi connectivity index (χ4v) is 2.69. The Bertz CT molecular complexity index is 893. The van der Waals surface area contributed by atoms with Crippen molar-refractivity contribution < 1.29 is 8.91 Å². The number of amidine groups is 1. The van der Waals surface area contributed by atoms with Gasteiger partial charge in [0.15, 0.2) is 5.17 Å². The second kappa shape index (κ2) is 7.53. The average molecular weight is 355 g/mol. The Morgan fingerprint density at radius 2 is 1.96 bits per heavy atom. The number of benzene rings is 2. The standard InChI is InChI=1S/C19H18FN3OS/c1-12(17-11-18(24-23-17)22-19(21)25-2)14-8-9-15(16(20)10-14)13-6-4-3-5-7-13/h3-12H,1-2H3,(H2,21,22). The molecule has 1 aromatic heterocycles. The van der Waals surface area contributed by atoms with Crippen molar-refractivity contribution in [1.82, 2.24) is 5.16 Å². The lowest BCUT2D eigenvalue weighted by Gasteiger charge is -2.11. The molecule has 1 heterocycles. The monoisotopic (exact) mass is 355 g/mol. The third-order valence-corrected chi connectivity index (χ3v) is 4.48. The zero-order valence-electron chi connectivity index (χ0n) is 13.9. The molecular weight excluding hydrogens is 337 g/mol. The summed E-state index contributed by atoms with van der Waals surface area (Å²) in [5.74, 6) is -0.0403. The molecule has 4 nitrogen and oxygen atoms in total. The van der Waals surface area contributed by atoms with Crippen LogP contribution >= 0.6 is 11.8 Å². The molecule has 128 valence electrons. The molecule has 1 unspecified atom stereocenters. The van der Waals surface area contributed by atoms with Gasteiger partial charge >= 0.3 is 0 Å². The van der Waals surface area contributed by atoms with E-state index in [1.807, 2.05) is 49.6 Å². The van der Waals surface area contributed by atoms with E-state index in [0.29, 0.717) is 22.3 Å². The van der Waals surface area contributed by atoms with Gasteiger partial charge in [-0.3, -0.25) is 0 Å². The molecular formula is C19H18FN3OS. The molecule has 0 amide bonds. The van der Waals surface area contributed by atoms with Crippen LogP contribution in [0.25, 0.3) is 11.1 Å². The molecule has 0 aliphatic carbocycles. The number of halogens is 1.